The number of aliphatic imine (C=N–C) groups is 1. The molecule has 1 heterocycles. The minimum absolute atomic E-state index is 0. The van der Waals surface area contributed by atoms with Crippen molar-refractivity contribution in [2.24, 2.45) is 4.99 Å². The van der Waals surface area contributed by atoms with Gasteiger partial charge in [0.25, 0.3) is 0 Å². The average molecular weight is 462 g/mol. The van der Waals surface area contributed by atoms with Crippen molar-refractivity contribution in [1.82, 2.24) is 10.6 Å². The molecule has 1 aliphatic rings. The number of benzene rings is 1. The van der Waals surface area contributed by atoms with Gasteiger partial charge in [-0.25, -0.2) is 0 Å². The number of rotatable bonds is 8. The van der Waals surface area contributed by atoms with Crippen LogP contribution in [-0.4, -0.2) is 59.6 Å². The van der Waals surface area contributed by atoms with Crippen LogP contribution in [0.2, 0.25) is 0 Å². The Balaban J connectivity index is 0.00000312. The number of halogens is 1. The fourth-order valence-corrected chi connectivity index (χ4v) is 2.49. The van der Waals surface area contributed by atoms with Crippen molar-refractivity contribution >= 4 is 35.6 Å². The lowest BCUT2D eigenvalue weighted by molar-refractivity contribution is 0.0420. The minimum atomic E-state index is 0. The Hall–Kier alpha value is -1.06. The molecule has 25 heavy (non-hydrogen) atoms. The zero-order chi connectivity index (χ0) is 17.2. The molecule has 1 aromatic carbocycles. The molecule has 0 amide bonds. The monoisotopic (exact) mass is 462 g/mol. The van der Waals surface area contributed by atoms with Gasteiger partial charge < -0.3 is 25.0 Å². The summed E-state index contributed by atoms with van der Waals surface area (Å²) >= 11 is 0. The molecule has 0 aromatic heterocycles. The minimum Gasteiger partial charge on any atom is -0.379 e. The van der Waals surface area contributed by atoms with E-state index >= 15 is 0 Å². The highest BCUT2D eigenvalue weighted by Gasteiger charge is 2.15. The summed E-state index contributed by atoms with van der Waals surface area (Å²) in [4.78, 5) is 6.34. The van der Waals surface area contributed by atoms with Crippen LogP contribution in [0.1, 0.15) is 18.4 Å². The maximum atomic E-state index is 5.75. The molecule has 1 saturated heterocycles. The van der Waals surface area contributed by atoms with E-state index in [1.165, 1.54) is 11.3 Å². The fraction of sp³-hybridized carbons (Fsp3) is 0.611. The molecule has 2 N–H and O–H groups in total. The van der Waals surface area contributed by atoms with E-state index in [2.05, 4.69) is 44.8 Å². The van der Waals surface area contributed by atoms with Crippen molar-refractivity contribution in [1.29, 1.82) is 0 Å². The third kappa shape index (κ3) is 8.24. The summed E-state index contributed by atoms with van der Waals surface area (Å²) in [6, 6.07) is 8.51. The molecule has 1 aromatic rings. The predicted octanol–water partition coefficient (Wildman–Crippen LogP) is 2.23. The van der Waals surface area contributed by atoms with Crippen LogP contribution in [0.3, 0.4) is 0 Å². The van der Waals surface area contributed by atoms with Crippen LogP contribution in [0.4, 0.5) is 5.69 Å². The largest absolute Gasteiger partial charge is 0.379 e. The molecule has 0 radical (unpaired) electrons. The van der Waals surface area contributed by atoms with E-state index in [4.69, 9.17) is 9.47 Å². The van der Waals surface area contributed by atoms with Crippen molar-refractivity contribution in [3.8, 4) is 0 Å². The van der Waals surface area contributed by atoms with Crippen LogP contribution in [0.15, 0.2) is 29.3 Å². The van der Waals surface area contributed by atoms with E-state index in [1.807, 2.05) is 14.1 Å². The van der Waals surface area contributed by atoms with Crippen LogP contribution in [0, 0.1) is 0 Å². The highest BCUT2D eigenvalue weighted by atomic mass is 127. The van der Waals surface area contributed by atoms with Gasteiger partial charge in [-0.3, -0.25) is 4.99 Å². The number of guanidine groups is 1. The first-order valence-electron chi connectivity index (χ1n) is 8.59. The lowest BCUT2D eigenvalue weighted by Gasteiger charge is -2.15. The van der Waals surface area contributed by atoms with E-state index in [0.29, 0.717) is 0 Å². The summed E-state index contributed by atoms with van der Waals surface area (Å²) in [5, 5.41) is 6.64. The van der Waals surface area contributed by atoms with E-state index in [-0.39, 0.29) is 30.1 Å². The molecule has 0 bridgehead atoms. The second kappa shape index (κ2) is 12.3. The molecule has 0 spiro atoms. The lowest BCUT2D eigenvalue weighted by atomic mass is 10.2. The van der Waals surface area contributed by atoms with Gasteiger partial charge in [-0.05, 0) is 30.5 Å². The molecule has 2 rings (SSSR count). The predicted molar refractivity (Wildman–Crippen MR) is 114 cm³/mol. The summed E-state index contributed by atoms with van der Waals surface area (Å²) < 4.78 is 11.0. The lowest BCUT2D eigenvalue weighted by Crippen LogP contribution is -2.37. The highest BCUT2D eigenvalue weighted by molar-refractivity contribution is 14.0. The average Bonchev–Trinajstić information content (AvgIpc) is 3.11. The van der Waals surface area contributed by atoms with Crippen LogP contribution in [-0.2, 0) is 16.0 Å². The Morgan fingerprint density at radius 2 is 2.04 bits per heavy atom. The number of nitrogens with zero attached hydrogens (tertiary/aromatic N) is 2. The topological polar surface area (TPSA) is 58.1 Å². The molecule has 0 saturated carbocycles. The third-order valence-electron chi connectivity index (χ3n) is 3.99. The van der Waals surface area contributed by atoms with E-state index < -0.39 is 0 Å². The Morgan fingerprint density at radius 1 is 1.28 bits per heavy atom. The van der Waals surface area contributed by atoms with Crippen molar-refractivity contribution in [3.63, 3.8) is 0 Å². The van der Waals surface area contributed by atoms with Gasteiger partial charge in [0.15, 0.2) is 5.96 Å². The number of ether oxygens (including phenoxy) is 2. The van der Waals surface area contributed by atoms with Gasteiger partial charge in [0, 0.05) is 53.1 Å². The summed E-state index contributed by atoms with van der Waals surface area (Å²) in [6.07, 6.45) is 2.26. The Kier molecular flexibility index (Phi) is 10.8. The standard InChI is InChI=1S/C18H30N4O2.HI/c1-19-18(20-10-4-11-24-17-9-12-23-14-17)21-13-15-5-7-16(8-6-15)22(2)3;/h5-8,17H,4,9-14H2,1-3H3,(H2,19,20,21);1H. The number of hydrogen-bond acceptors (Lipinski definition) is 4. The first kappa shape index (κ1) is 22.0. The molecule has 6 nitrogen and oxygen atoms in total. The number of anilines is 1. The molecule has 7 heteroatoms. The normalized spacial score (nSPS) is 17.1. The molecular formula is C18H31IN4O2. The van der Waals surface area contributed by atoms with E-state index in [9.17, 15) is 0 Å². The van der Waals surface area contributed by atoms with Crippen molar-refractivity contribution < 1.29 is 9.47 Å². The van der Waals surface area contributed by atoms with Crippen LogP contribution in [0.25, 0.3) is 0 Å². The van der Waals surface area contributed by atoms with Crippen molar-refractivity contribution in [3.05, 3.63) is 29.8 Å². The van der Waals surface area contributed by atoms with Gasteiger partial charge >= 0.3 is 0 Å². The first-order chi connectivity index (χ1) is 11.7. The SMILES string of the molecule is CN=C(NCCCOC1CCOC1)NCc1ccc(N(C)C)cc1.I. The maximum absolute atomic E-state index is 5.75. The number of nitrogens with one attached hydrogen (secondary N) is 2. The fourth-order valence-electron chi connectivity index (χ4n) is 2.49. The first-order valence-corrected chi connectivity index (χ1v) is 8.59. The molecule has 1 atom stereocenters. The van der Waals surface area contributed by atoms with E-state index in [1.54, 1.807) is 7.05 Å². The molecule has 1 unspecified atom stereocenters. The third-order valence-corrected chi connectivity index (χ3v) is 3.99. The molecule has 1 fully saturated rings. The molecule has 142 valence electrons. The number of hydrogen-bond donors (Lipinski definition) is 2. The summed E-state index contributed by atoms with van der Waals surface area (Å²) in [5.41, 5.74) is 2.43. The molecule has 0 aliphatic carbocycles. The quantitative estimate of drug-likeness (QED) is 0.269. The van der Waals surface area contributed by atoms with Crippen LogP contribution < -0.4 is 15.5 Å². The smallest absolute Gasteiger partial charge is 0.191 e. The van der Waals surface area contributed by atoms with Gasteiger partial charge in [0.1, 0.15) is 0 Å². The summed E-state index contributed by atoms with van der Waals surface area (Å²) in [7, 11) is 5.88. The van der Waals surface area contributed by atoms with Gasteiger partial charge in [-0.2, -0.15) is 0 Å². The van der Waals surface area contributed by atoms with Gasteiger partial charge in [0.2, 0.25) is 0 Å². The zero-order valence-electron chi connectivity index (χ0n) is 15.5. The van der Waals surface area contributed by atoms with E-state index in [0.717, 1.165) is 51.7 Å². The second-order valence-corrected chi connectivity index (χ2v) is 6.12. The van der Waals surface area contributed by atoms with Gasteiger partial charge in [-0.1, -0.05) is 12.1 Å². The molecule has 1 aliphatic heterocycles. The second-order valence-electron chi connectivity index (χ2n) is 6.12. The summed E-state index contributed by atoms with van der Waals surface area (Å²) in [6.45, 7) is 3.92. The molecular weight excluding hydrogens is 431 g/mol. The van der Waals surface area contributed by atoms with Gasteiger partial charge in [-0.15, -0.1) is 24.0 Å². The maximum Gasteiger partial charge on any atom is 0.191 e. The van der Waals surface area contributed by atoms with Crippen molar-refractivity contribution in [2.75, 3.05) is 52.4 Å². The Bertz CT molecular complexity index is 502. The van der Waals surface area contributed by atoms with Gasteiger partial charge in [0.05, 0.1) is 12.7 Å². The highest BCUT2D eigenvalue weighted by Crippen LogP contribution is 2.12. The summed E-state index contributed by atoms with van der Waals surface area (Å²) in [5.74, 6) is 0.816. The van der Waals surface area contributed by atoms with Crippen LogP contribution in [0.5, 0.6) is 0 Å². The van der Waals surface area contributed by atoms with Crippen LogP contribution >= 0.6 is 24.0 Å². The van der Waals surface area contributed by atoms with Crippen molar-refractivity contribution in [2.45, 2.75) is 25.5 Å². The zero-order valence-corrected chi connectivity index (χ0v) is 17.8. The Labute approximate surface area is 168 Å². The Morgan fingerprint density at radius 3 is 2.64 bits per heavy atom.